The molecule has 0 aliphatic rings. The first-order chi connectivity index (χ1) is 10.2. The Morgan fingerprint density at radius 1 is 1.19 bits per heavy atom. The quantitative estimate of drug-likeness (QED) is 0.779. The van der Waals surface area contributed by atoms with E-state index in [9.17, 15) is 0 Å². The number of nitrogens with two attached hydrogens (primary N) is 1. The molecule has 3 heteroatoms. The highest BCUT2D eigenvalue weighted by Gasteiger charge is 2.16. The molecule has 21 heavy (non-hydrogen) atoms. The van der Waals surface area contributed by atoms with Gasteiger partial charge in [-0.05, 0) is 32.4 Å². The van der Waals surface area contributed by atoms with Crippen molar-refractivity contribution < 1.29 is 0 Å². The SMILES string of the molecule is CCCCCN(c1nc2ccccc2cc1CN)C(C)C. The van der Waals surface area contributed by atoms with Gasteiger partial charge in [-0.15, -0.1) is 0 Å². The number of pyridine rings is 1. The van der Waals surface area contributed by atoms with Crippen molar-refractivity contribution in [1.82, 2.24) is 4.98 Å². The molecule has 0 aliphatic carbocycles. The molecule has 114 valence electrons. The fourth-order valence-electron chi connectivity index (χ4n) is 2.69. The number of nitrogens with zero attached hydrogens (tertiary/aromatic N) is 2. The van der Waals surface area contributed by atoms with Crippen molar-refractivity contribution in [3.05, 3.63) is 35.9 Å². The smallest absolute Gasteiger partial charge is 0.134 e. The average Bonchev–Trinajstić information content (AvgIpc) is 2.50. The predicted octanol–water partition coefficient (Wildman–Crippen LogP) is 4.10. The number of benzene rings is 1. The first-order valence-corrected chi connectivity index (χ1v) is 8.02. The minimum Gasteiger partial charge on any atom is -0.354 e. The van der Waals surface area contributed by atoms with Crippen molar-refractivity contribution >= 4 is 16.7 Å². The molecule has 0 fully saturated rings. The Balaban J connectivity index is 2.39. The summed E-state index contributed by atoms with van der Waals surface area (Å²) in [4.78, 5) is 7.29. The molecule has 0 spiro atoms. The Kier molecular flexibility index (Phi) is 5.57. The Labute approximate surface area is 128 Å². The summed E-state index contributed by atoms with van der Waals surface area (Å²) in [5, 5.41) is 1.17. The van der Waals surface area contributed by atoms with Crippen LogP contribution < -0.4 is 10.6 Å². The number of unbranched alkanes of at least 4 members (excludes halogenated alkanes) is 2. The minimum atomic E-state index is 0.431. The van der Waals surface area contributed by atoms with Gasteiger partial charge in [-0.25, -0.2) is 4.98 Å². The molecule has 1 heterocycles. The summed E-state index contributed by atoms with van der Waals surface area (Å²) in [5.74, 6) is 1.06. The van der Waals surface area contributed by atoms with Crippen LogP contribution in [0.2, 0.25) is 0 Å². The molecule has 0 radical (unpaired) electrons. The van der Waals surface area contributed by atoms with Crippen LogP contribution in [0.3, 0.4) is 0 Å². The standard InChI is InChI=1S/C18H27N3/c1-4-5-8-11-21(14(2)3)18-16(13-19)12-15-9-6-7-10-17(15)20-18/h6-7,9-10,12,14H,4-5,8,11,13,19H2,1-3H3. The topological polar surface area (TPSA) is 42.2 Å². The molecule has 3 nitrogen and oxygen atoms in total. The van der Waals surface area contributed by atoms with Gasteiger partial charge in [0.15, 0.2) is 0 Å². The van der Waals surface area contributed by atoms with Crippen LogP contribution in [0.4, 0.5) is 5.82 Å². The molecule has 1 aromatic carbocycles. The normalized spacial score (nSPS) is 11.3. The van der Waals surface area contributed by atoms with Gasteiger partial charge in [-0.1, -0.05) is 38.0 Å². The molecule has 0 unspecified atom stereocenters. The summed E-state index contributed by atoms with van der Waals surface area (Å²) in [6.07, 6.45) is 3.70. The zero-order valence-electron chi connectivity index (χ0n) is 13.5. The van der Waals surface area contributed by atoms with Crippen molar-refractivity contribution in [2.24, 2.45) is 5.73 Å². The maximum absolute atomic E-state index is 5.97. The summed E-state index contributed by atoms with van der Waals surface area (Å²) >= 11 is 0. The summed E-state index contributed by atoms with van der Waals surface area (Å²) in [5.41, 5.74) is 8.15. The Hall–Kier alpha value is -1.61. The van der Waals surface area contributed by atoms with Crippen molar-refractivity contribution in [1.29, 1.82) is 0 Å². The number of fused-ring (bicyclic) bond motifs is 1. The number of rotatable bonds is 7. The zero-order valence-corrected chi connectivity index (χ0v) is 13.5. The highest BCUT2D eigenvalue weighted by atomic mass is 15.2. The third-order valence-corrected chi connectivity index (χ3v) is 3.90. The maximum Gasteiger partial charge on any atom is 0.134 e. The highest BCUT2D eigenvalue weighted by Crippen LogP contribution is 2.25. The van der Waals surface area contributed by atoms with E-state index in [1.165, 1.54) is 24.6 Å². The molecule has 2 N–H and O–H groups in total. The number of anilines is 1. The summed E-state index contributed by atoms with van der Waals surface area (Å²) in [6, 6.07) is 10.9. The van der Waals surface area contributed by atoms with E-state index in [0.29, 0.717) is 12.6 Å². The molecule has 0 aliphatic heterocycles. The minimum absolute atomic E-state index is 0.431. The zero-order chi connectivity index (χ0) is 15.2. The molecule has 0 atom stereocenters. The van der Waals surface area contributed by atoms with Gasteiger partial charge in [0.1, 0.15) is 5.82 Å². The summed E-state index contributed by atoms with van der Waals surface area (Å²) in [6.45, 7) is 8.26. The number of hydrogen-bond donors (Lipinski definition) is 1. The van der Waals surface area contributed by atoms with Crippen molar-refractivity contribution in [2.45, 2.75) is 52.6 Å². The van der Waals surface area contributed by atoms with Crippen LogP contribution >= 0.6 is 0 Å². The van der Waals surface area contributed by atoms with E-state index < -0.39 is 0 Å². The third kappa shape index (κ3) is 3.73. The third-order valence-electron chi connectivity index (χ3n) is 3.90. The number of hydrogen-bond acceptors (Lipinski definition) is 3. The lowest BCUT2D eigenvalue weighted by atomic mass is 10.1. The molecule has 2 rings (SSSR count). The lowest BCUT2D eigenvalue weighted by molar-refractivity contribution is 0.618. The first kappa shape index (κ1) is 15.8. The maximum atomic E-state index is 5.97. The van der Waals surface area contributed by atoms with Crippen molar-refractivity contribution in [3.63, 3.8) is 0 Å². The fraction of sp³-hybridized carbons (Fsp3) is 0.500. The lowest BCUT2D eigenvalue weighted by Gasteiger charge is -2.30. The van der Waals surface area contributed by atoms with Gasteiger partial charge < -0.3 is 10.6 Å². The van der Waals surface area contributed by atoms with E-state index in [2.05, 4.69) is 43.9 Å². The number of aromatic nitrogens is 1. The second-order valence-corrected chi connectivity index (χ2v) is 5.86. The summed E-state index contributed by atoms with van der Waals surface area (Å²) in [7, 11) is 0. The van der Waals surface area contributed by atoms with Crippen LogP contribution in [-0.4, -0.2) is 17.6 Å². The predicted molar refractivity (Wildman–Crippen MR) is 91.6 cm³/mol. The van der Waals surface area contributed by atoms with Gasteiger partial charge in [0, 0.05) is 30.1 Å². The Morgan fingerprint density at radius 3 is 2.62 bits per heavy atom. The van der Waals surface area contributed by atoms with Gasteiger partial charge in [-0.2, -0.15) is 0 Å². The Morgan fingerprint density at radius 2 is 1.95 bits per heavy atom. The second kappa shape index (κ2) is 7.41. The van der Waals surface area contributed by atoms with Crippen molar-refractivity contribution in [2.75, 3.05) is 11.4 Å². The van der Waals surface area contributed by atoms with Gasteiger partial charge in [0.25, 0.3) is 0 Å². The Bertz CT molecular complexity index is 578. The highest BCUT2D eigenvalue weighted by molar-refractivity contribution is 5.81. The van der Waals surface area contributed by atoms with Gasteiger partial charge in [0.05, 0.1) is 5.52 Å². The van der Waals surface area contributed by atoms with E-state index in [-0.39, 0.29) is 0 Å². The van der Waals surface area contributed by atoms with Crippen LogP contribution in [0.1, 0.15) is 45.6 Å². The van der Waals surface area contributed by atoms with E-state index in [0.717, 1.165) is 23.4 Å². The largest absolute Gasteiger partial charge is 0.354 e. The second-order valence-electron chi connectivity index (χ2n) is 5.86. The molecule has 1 aromatic heterocycles. The van der Waals surface area contributed by atoms with E-state index in [4.69, 9.17) is 10.7 Å². The van der Waals surface area contributed by atoms with Gasteiger partial charge in [0.2, 0.25) is 0 Å². The molecular weight excluding hydrogens is 258 g/mol. The van der Waals surface area contributed by atoms with Gasteiger partial charge in [-0.3, -0.25) is 0 Å². The van der Waals surface area contributed by atoms with Crippen molar-refractivity contribution in [3.8, 4) is 0 Å². The van der Waals surface area contributed by atoms with E-state index >= 15 is 0 Å². The van der Waals surface area contributed by atoms with Crippen LogP contribution in [0.15, 0.2) is 30.3 Å². The van der Waals surface area contributed by atoms with Crippen LogP contribution in [-0.2, 0) is 6.54 Å². The molecule has 0 bridgehead atoms. The van der Waals surface area contributed by atoms with E-state index in [1.807, 2.05) is 12.1 Å². The van der Waals surface area contributed by atoms with Gasteiger partial charge >= 0.3 is 0 Å². The number of para-hydroxylation sites is 1. The van der Waals surface area contributed by atoms with Crippen LogP contribution in [0, 0.1) is 0 Å². The monoisotopic (exact) mass is 285 g/mol. The molecular formula is C18H27N3. The summed E-state index contributed by atoms with van der Waals surface area (Å²) < 4.78 is 0. The molecule has 0 saturated heterocycles. The van der Waals surface area contributed by atoms with Crippen LogP contribution in [0.5, 0.6) is 0 Å². The molecule has 0 saturated carbocycles. The molecule has 0 amide bonds. The average molecular weight is 285 g/mol. The lowest BCUT2D eigenvalue weighted by Crippen LogP contribution is -2.33. The fourth-order valence-corrected chi connectivity index (χ4v) is 2.69. The molecule has 2 aromatic rings. The first-order valence-electron chi connectivity index (χ1n) is 8.02. The van der Waals surface area contributed by atoms with Crippen LogP contribution in [0.25, 0.3) is 10.9 Å². The van der Waals surface area contributed by atoms with E-state index in [1.54, 1.807) is 0 Å².